The molecule has 2 heteroatoms. The fourth-order valence-corrected chi connectivity index (χ4v) is 1.51. The van der Waals surface area contributed by atoms with Crippen LogP contribution in [0.3, 0.4) is 0 Å². The summed E-state index contributed by atoms with van der Waals surface area (Å²) in [6, 6.07) is 0. The van der Waals surface area contributed by atoms with E-state index in [2.05, 4.69) is 17.1 Å². The molecule has 1 rings (SSSR count). The highest BCUT2D eigenvalue weighted by atomic mass is 32.2. The standard InChI is InChI=1S/C5H11NS.H2/c1-2-6-3-5-7-4-1;/h6H,1-5H2;1H. The Hall–Kier alpha value is 0.310. The molecule has 1 aliphatic rings. The van der Waals surface area contributed by atoms with E-state index in [1.54, 1.807) is 0 Å². The number of thioether (sulfide) groups is 1. The Bertz CT molecular complexity index is 32.0. The van der Waals surface area contributed by atoms with Crippen molar-refractivity contribution in [1.29, 1.82) is 0 Å². The van der Waals surface area contributed by atoms with E-state index in [4.69, 9.17) is 0 Å². The van der Waals surface area contributed by atoms with E-state index in [0.29, 0.717) is 0 Å². The number of rotatable bonds is 0. The molecule has 0 aromatic carbocycles. The molecule has 7 heavy (non-hydrogen) atoms. The van der Waals surface area contributed by atoms with Gasteiger partial charge < -0.3 is 5.32 Å². The molecule has 1 heterocycles. The van der Waals surface area contributed by atoms with Gasteiger partial charge in [0.2, 0.25) is 0 Å². The third-order valence-electron chi connectivity index (χ3n) is 1.07. The quantitative estimate of drug-likeness (QED) is 0.509. The first kappa shape index (κ1) is 5.45. The Morgan fingerprint density at radius 2 is 2.29 bits per heavy atom. The van der Waals surface area contributed by atoms with Gasteiger partial charge in [-0.1, -0.05) is 0 Å². The summed E-state index contributed by atoms with van der Waals surface area (Å²) in [6.45, 7) is 2.44. The van der Waals surface area contributed by atoms with Crippen molar-refractivity contribution in [2.45, 2.75) is 6.42 Å². The molecule has 44 valence electrons. The zero-order valence-corrected chi connectivity index (χ0v) is 5.26. The Kier molecular flexibility index (Phi) is 2.59. The highest BCUT2D eigenvalue weighted by Crippen LogP contribution is 2.02. The van der Waals surface area contributed by atoms with E-state index >= 15 is 0 Å². The van der Waals surface area contributed by atoms with Crippen molar-refractivity contribution in [3.63, 3.8) is 0 Å². The van der Waals surface area contributed by atoms with Gasteiger partial charge in [0, 0.05) is 13.7 Å². The third-order valence-corrected chi connectivity index (χ3v) is 2.14. The van der Waals surface area contributed by atoms with Crippen molar-refractivity contribution in [2.75, 3.05) is 24.6 Å². The Labute approximate surface area is 50.4 Å². The molecule has 0 spiro atoms. The summed E-state index contributed by atoms with van der Waals surface area (Å²) in [7, 11) is 0. The van der Waals surface area contributed by atoms with Crippen molar-refractivity contribution in [3.8, 4) is 0 Å². The van der Waals surface area contributed by atoms with Gasteiger partial charge in [0.1, 0.15) is 0 Å². The molecule has 0 saturated carbocycles. The van der Waals surface area contributed by atoms with E-state index in [9.17, 15) is 0 Å². The zero-order valence-electron chi connectivity index (χ0n) is 4.44. The van der Waals surface area contributed by atoms with Gasteiger partial charge in [0.15, 0.2) is 0 Å². The van der Waals surface area contributed by atoms with Crippen molar-refractivity contribution in [3.05, 3.63) is 0 Å². The number of nitrogens with one attached hydrogen (secondary N) is 1. The molecule has 0 aromatic rings. The van der Waals surface area contributed by atoms with Crippen LogP contribution in [0.25, 0.3) is 0 Å². The second-order valence-corrected chi connectivity index (χ2v) is 2.94. The van der Waals surface area contributed by atoms with Gasteiger partial charge in [-0.2, -0.15) is 11.8 Å². The van der Waals surface area contributed by atoms with Crippen LogP contribution in [0, 0.1) is 0 Å². The van der Waals surface area contributed by atoms with Crippen LogP contribution in [0.2, 0.25) is 0 Å². The molecule has 0 amide bonds. The Balaban J connectivity index is 0.000000490. The topological polar surface area (TPSA) is 12.0 Å². The van der Waals surface area contributed by atoms with Crippen LogP contribution in [0.15, 0.2) is 0 Å². The molecule has 0 bridgehead atoms. The van der Waals surface area contributed by atoms with Crippen LogP contribution >= 0.6 is 11.8 Å². The maximum absolute atomic E-state index is 3.33. The van der Waals surface area contributed by atoms with E-state index in [0.717, 1.165) is 0 Å². The molecule has 0 unspecified atom stereocenters. The van der Waals surface area contributed by atoms with Crippen molar-refractivity contribution >= 4 is 11.8 Å². The SMILES string of the molecule is C1CNCCSC1.[HH]. The molecule has 0 radical (unpaired) electrons. The summed E-state index contributed by atoms with van der Waals surface area (Å²) >= 11 is 2.05. The van der Waals surface area contributed by atoms with Crippen molar-refractivity contribution in [2.24, 2.45) is 0 Å². The molecular weight excluding hydrogens is 106 g/mol. The molecule has 0 aliphatic carbocycles. The zero-order chi connectivity index (χ0) is 4.95. The summed E-state index contributed by atoms with van der Waals surface area (Å²) in [4.78, 5) is 0. The lowest BCUT2D eigenvalue weighted by Gasteiger charge is -1.91. The number of hydrogen-bond acceptors (Lipinski definition) is 2. The van der Waals surface area contributed by atoms with Crippen LogP contribution in [0.4, 0.5) is 0 Å². The lowest BCUT2D eigenvalue weighted by atomic mass is 10.5. The van der Waals surface area contributed by atoms with Crippen LogP contribution < -0.4 is 5.32 Å². The molecule has 1 N–H and O–H groups in total. The Morgan fingerprint density at radius 1 is 1.29 bits per heavy atom. The van der Waals surface area contributed by atoms with Gasteiger partial charge in [0.05, 0.1) is 0 Å². The molecule has 1 saturated heterocycles. The first-order chi connectivity index (χ1) is 3.50. The highest BCUT2D eigenvalue weighted by Gasteiger charge is 1.94. The van der Waals surface area contributed by atoms with Gasteiger partial charge >= 0.3 is 0 Å². The van der Waals surface area contributed by atoms with Gasteiger partial charge in [-0.15, -0.1) is 0 Å². The summed E-state index contributed by atoms with van der Waals surface area (Å²) in [5.41, 5.74) is 0. The fraction of sp³-hybridized carbons (Fsp3) is 1.00. The van der Waals surface area contributed by atoms with E-state index in [-0.39, 0.29) is 1.43 Å². The first-order valence-corrected chi connectivity index (χ1v) is 3.94. The maximum Gasteiger partial charge on any atom is 0.00581 e. The average molecular weight is 119 g/mol. The minimum atomic E-state index is 0. The molecular formula is C5H13NS. The lowest BCUT2D eigenvalue weighted by Crippen LogP contribution is -2.15. The summed E-state index contributed by atoms with van der Waals surface area (Å²) < 4.78 is 0. The predicted molar refractivity (Wildman–Crippen MR) is 36.9 cm³/mol. The van der Waals surface area contributed by atoms with Crippen LogP contribution in [-0.4, -0.2) is 24.6 Å². The highest BCUT2D eigenvalue weighted by molar-refractivity contribution is 7.99. The van der Waals surface area contributed by atoms with Crippen LogP contribution in [0.5, 0.6) is 0 Å². The van der Waals surface area contributed by atoms with Gasteiger partial charge in [-0.25, -0.2) is 0 Å². The first-order valence-electron chi connectivity index (χ1n) is 2.78. The molecule has 1 nitrogen and oxygen atoms in total. The summed E-state index contributed by atoms with van der Waals surface area (Å²) in [5.74, 6) is 2.66. The minimum absolute atomic E-state index is 0. The molecule has 0 atom stereocenters. The second-order valence-electron chi connectivity index (χ2n) is 1.72. The maximum atomic E-state index is 3.33. The monoisotopic (exact) mass is 119 g/mol. The lowest BCUT2D eigenvalue weighted by molar-refractivity contribution is 0.724. The summed E-state index contributed by atoms with van der Waals surface area (Å²) in [5, 5.41) is 3.33. The molecule has 1 fully saturated rings. The molecule has 0 aromatic heterocycles. The van der Waals surface area contributed by atoms with E-state index in [1.807, 2.05) is 0 Å². The van der Waals surface area contributed by atoms with Gasteiger partial charge in [-0.05, 0) is 18.7 Å². The van der Waals surface area contributed by atoms with E-state index in [1.165, 1.54) is 31.0 Å². The third kappa shape index (κ3) is 2.19. The van der Waals surface area contributed by atoms with Crippen LogP contribution in [0.1, 0.15) is 7.85 Å². The van der Waals surface area contributed by atoms with Gasteiger partial charge in [0.25, 0.3) is 0 Å². The second kappa shape index (κ2) is 3.33. The largest absolute Gasteiger partial charge is 0.316 e. The summed E-state index contributed by atoms with van der Waals surface area (Å²) in [6.07, 6.45) is 1.35. The number of hydrogen-bond donors (Lipinski definition) is 1. The predicted octanol–water partition coefficient (Wildman–Crippen LogP) is 0.959. The smallest absolute Gasteiger partial charge is 0.00581 e. The van der Waals surface area contributed by atoms with Crippen molar-refractivity contribution < 1.29 is 1.43 Å². The molecule has 1 aliphatic heterocycles. The average Bonchev–Trinajstić information content (AvgIpc) is 1.90. The van der Waals surface area contributed by atoms with E-state index < -0.39 is 0 Å². The Morgan fingerprint density at radius 3 is 3.29 bits per heavy atom. The fourth-order valence-electron chi connectivity index (χ4n) is 0.671. The van der Waals surface area contributed by atoms with Crippen molar-refractivity contribution in [1.82, 2.24) is 5.32 Å². The minimum Gasteiger partial charge on any atom is -0.316 e. The van der Waals surface area contributed by atoms with Gasteiger partial charge in [-0.3, -0.25) is 0 Å². The normalized spacial score (nSPS) is 24.0. The van der Waals surface area contributed by atoms with Crippen LogP contribution in [-0.2, 0) is 0 Å².